The van der Waals surface area contributed by atoms with Gasteiger partial charge in [0.1, 0.15) is 0 Å². The lowest BCUT2D eigenvalue weighted by atomic mass is 10.1. The summed E-state index contributed by atoms with van der Waals surface area (Å²) in [6.07, 6.45) is 8.79. The van der Waals surface area contributed by atoms with Crippen LogP contribution in [0, 0.1) is 0 Å². The van der Waals surface area contributed by atoms with Crippen LogP contribution >= 0.6 is 0 Å². The molecule has 6 heteroatoms. The molecule has 3 heterocycles. The van der Waals surface area contributed by atoms with Gasteiger partial charge in [0.2, 0.25) is 0 Å². The molecular weight excluding hydrogens is 352 g/mol. The number of carbonyl (C=O) groups excluding carboxylic acids is 1. The highest BCUT2D eigenvalue weighted by atomic mass is 16.5. The van der Waals surface area contributed by atoms with E-state index in [2.05, 4.69) is 15.0 Å². The van der Waals surface area contributed by atoms with Crippen molar-refractivity contribution in [1.29, 1.82) is 0 Å². The van der Waals surface area contributed by atoms with E-state index in [1.165, 1.54) is 0 Å². The van der Waals surface area contributed by atoms with Crippen LogP contribution in [-0.4, -0.2) is 45.0 Å². The van der Waals surface area contributed by atoms with Crippen molar-refractivity contribution in [3.8, 4) is 11.4 Å². The van der Waals surface area contributed by atoms with Gasteiger partial charge in [0.25, 0.3) is 5.91 Å². The largest absolute Gasteiger partial charge is 0.376 e. The minimum Gasteiger partial charge on any atom is -0.376 e. The van der Waals surface area contributed by atoms with Gasteiger partial charge in [0.15, 0.2) is 5.82 Å². The van der Waals surface area contributed by atoms with Gasteiger partial charge in [0, 0.05) is 50.0 Å². The van der Waals surface area contributed by atoms with E-state index in [4.69, 9.17) is 4.74 Å². The fourth-order valence-corrected chi connectivity index (χ4v) is 3.32. The molecule has 3 aromatic rings. The van der Waals surface area contributed by atoms with Crippen molar-refractivity contribution in [2.24, 2.45) is 0 Å². The summed E-state index contributed by atoms with van der Waals surface area (Å²) in [6.45, 7) is 1.79. The Labute approximate surface area is 164 Å². The highest BCUT2D eigenvalue weighted by molar-refractivity contribution is 5.93. The molecule has 0 N–H and O–H groups in total. The van der Waals surface area contributed by atoms with E-state index in [0.717, 1.165) is 30.6 Å². The summed E-state index contributed by atoms with van der Waals surface area (Å²) in [5, 5.41) is 0. The molecule has 1 amide bonds. The van der Waals surface area contributed by atoms with E-state index < -0.39 is 0 Å². The first-order valence-corrected chi connectivity index (χ1v) is 9.47. The molecule has 1 aliphatic heterocycles. The van der Waals surface area contributed by atoms with Gasteiger partial charge in [-0.2, -0.15) is 0 Å². The van der Waals surface area contributed by atoms with Crippen molar-refractivity contribution in [3.05, 3.63) is 78.4 Å². The molecule has 0 aliphatic carbocycles. The highest BCUT2D eigenvalue weighted by Gasteiger charge is 2.24. The van der Waals surface area contributed by atoms with Crippen LogP contribution in [0.2, 0.25) is 0 Å². The average molecular weight is 374 g/mol. The lowest BCUT2D eigenvalue weighted by Gasteiger charge is -2.25. The van der Waals surface area contributed by atoms with E-state index in [-0.39, 0.29) is 12.0 Å². The topological polar surface area (TPSA) is 68.2 Å². The molecule has 0 spiro atoms. The Balaban J connectivity index is 1.53. The number of pyridine rings is 1. The molecule has 1 saturated heterocycles. The molecule has 1 atom stereocenters. The third-order valence-electron chi connectivity index (χ3n) is 4.76. The monoisotopic (exact) mass is 374 g/mol. The number of benzene rings is 1. The Morgan fingerprint density at radius 3 is 2.57 bits per heavy atom. The smallest absolute Gasteiger partial charge is 0.257 e. The highest BCUT2D eigenvalue weighted by Crippen LogP contribution is 2.18. The zero-order chi connectivity index (χ0) is 19.2. The van der Waals surface area contributed by atoms with Crippen LogP contribution in [0.1, 0.15) is 28.8 Å². The first kappa shape index (κ1) is 18.3. The fourth-order valence-electron chi connectivity index (χ4n) is 3.32. The zero-order valence-corrected chi connectivity index (χ0v) is 15.6. The number of hydrogen-bond acceptors (Lipinski definition) is 5. The minimum absolute atomic E-state index is 0.0742. The molecule has 1 unspecified atom stereocenters. The Kier molecular flexibility index (Phi) is 5.68. The quantitative estimate of drug-likeness (QED) is 0.662. The molecule has 1 aromatic carbocycles. The number of nitrogens with zero attached hydrogens (tertiary/aromatic N) is 4. The summed E-state index contributed by atoms with van der Waals surface area (Å²) in [6, 6.07) is 13.6. The summed E-state index contributed by atoms with van der Waals surface area (Å²) in [7, 11) is 0. The molecule has 28 heavy (non-hydrogen) atoms. The Bertz CT molecular complexity index is 895. The molecule has 1 aliphatic rings. The van der Waals surface area contributed by atoms with Crippen molar-refractivity contribution in [2.75, 3.05) is 13.2 Å². The molecule has 142 valence electrons. The summed E-state index contributed by atoms with van der Waals surface area (Å²) in [5.41, 5.74) is 2.38. The van der Waals surface area contributed by atoms with Gasteiger partial charge in [-0.1, -0.05) is 36.4 Å². The maximum Gasteiger partial charge on any atom is 0.257 e. The summed E-state index contributed by atoms with van der Waals surface area (Å²) >= 11 is 0. The van der Waals surface area contributed by atoms with Crippen molar-refractivity contribution in [1.82, 2.24) is 19.9 Å². The standard InChI is InChI=1S/C22H22N4O2/c27-22(19-13-24-21(25-14-19)18-7-2-1-3-8-18)26(16-20-9-5-11-28-20)15-17-6-4-10-23-12-17/h1-4,6-8,10,12-14,20H,5,9,11,15-16H2. The number of rotatable bonds is 6. The van der Waals surface area contributed by atoms with Gasteiger partial charge >= 0.3 is 0 Å². The predicted molar refractivity (Wildman–Crippen MR) is 105 cm³/mol. The second-order valence-corrected chi connectivity index (χ2v) is 6.84. The number of carbonyl (C=O) groups is 1. The number of aromatic nitrogens is 3. The fraction of sp³-hybridized carbons (Fsp3) is 0.273. The van der Waals surface area contributed by atoms with Gasteiger partial charge in [-0.15, -0.1) is 0 Å². The second kappa shape index (κ2) is 8.71. The summed E-state index contributed by atoms with van der Waals surface area (Å²) < 4.78 is 5.74. The van der Waals surface area contributed by atoms with Gasteiger partial charge < -0.3 is 9.64 Å². The third kappa shape index (κ3) is 4.40. The van der Waals surface area contributed by atoms with Gasteiger partial charge in [0.05, 0.1) is 11.7 Å². The predicted octanol–water partition coefficient (Wildman–Crippen LogP) is 3.36. The number of amides is 1. The molecular formula is C22H22N4O2. The summed E-state index contributed by atoms with van der Waals surface area (Å²) in [5.74, 6) is 0.508. The van der Waals surface area contributed by atoms with E-state index in [0.29, 0.717) is 24.5 Å². The Hall–Kier alpha value is -3.12. The third-order valence-corrected chi connectivity index (χ3v) is 4.76. The lowest BCUT2D eigenvalue weighted by Crippen LogP contribution is -2.37. The van der Waals surface area contributed by atoms with E-state index in [1.54, 1.807) is 29.7 Å². The Morgan fingerprint density at radius 1 is 1.07 bits per heavy atom. The molecule has 6 nitrogen and oxygen atoms in total. The van der Waals surface area contributed by atoms with Crippen LogP contribution < -0.4 is 0 Å². The summed E-state index contributed by atoms with van der Waals surface area (Å²) in [4.78, 5) is 27.9. The average Bonchev–Trinajstić information content (AvgIpc) is 3.27. The SMILES string of the molecule is O=C(c1cnc(-c2ccccc2)nc1)N(Cc1cccnc1)CC1CCCO1. The number of hydrogen-bond donors (Lipinski definition) is 0. The van der Waals surface area contributed by atoms with Crippen molar-refractivity contribution >= 4 is 5.91 Å². The molecule has 1 fully saturated rings. The molecule has 0 bridgehead atoms. The van der Waals surface area contributed by atoms with Crippen LogP contribution in [0.3, 0.4) is 0 Å². The number of ether oxygens (including phenoxy) is 1. The van der Waals surface area contributed by atoms with Crippen LogP contribution in [0.4, 0.5) is 0 Å². The second-order valence-electron chi connectivity index (χ2n) is 6.84. The van der Waals surface area contributed by atoms with E-state index in [9.17, 15) is 4.79 Å². The maximum absolute atomic E-state index is 13.2. The van der Waals surface area contributed by atoms with Crippen LogP contribution in [-0.2, 0) is 11.3 Å². The first-order valence-electron chi connectivity index (χ1n) is 9.47. The zero-order valence-electron chi connectivity index (χ0n) is 15.6. The lowest BCUT2D eigenvalue weighted by molar-refractivity contribution is 0.0506. The maximum atomic E-state index is 13.2. The van der Waals surface area contributed by atoms with Gasteiger partial charge in [-0.25, -0.2) is 9.97 Å². The van der Waals surface area contributed by atoms with Gasteiger partial charge in [-0.05, 0) is 24.5 Å². The van der Waals surface area contributed by atoms with Crippen LogP contribution in [0.5, 0.6) is 0 Å². The minimum atomic E-state index is -0.0982. The van der Waals surface area contributed by atoms with Crippen LogP contribution in [0.15, 0.2) is 67.3 Å². The Morgan fingerprint density at radius 2 is 1.89 bits per heavy atom. The first-order chi connectivity index (χ1) is 13.8. The normalized spacial score (nSPS) is 16.1. The van der Waals surface area contributed by atoms with Crippen molar-refractivity contribution in [2.45, 2.75) is 25.5 Å². The van der Waals surface area contributed by atoms with Gasteiger partial charge in [-0.3, -0.25) is 9.78 Å². The molecule has 0 saturated carbocycles. The van der Waals surface area contributed by atoms with E-state index in [1.807, 2.05) is 42.5 Å². The molecule has 2 aromatic heterocycles. The molecule has 4 rings (SSSR count). The van der Waals surface area contributed by atoms with Crippen molar-refractivity contribution in [3.63, 3.8) is 0 Å². The van der Waals surface area contributed by atoms with E-state index >= 15 is 0 Å². The molecule has 0 radical (unpaired) electrons. The van der Waals surface area contributed by atoms with Crippen LogP contribution in [0.25, 0.3) is 11.4 Å². The van der Waals surface area contributed by atoms with Crippen molar-refractivity contribution < 1.29 is 9.53 Å².